The average Bonchev–Trinajstić information content (AvgIpc) is 2.97. The van der Waals surface area contributed by atoms with Gasteiger partial charge in [0.15, 0.2) is 0 Å². The molecule has 3 unspecified atom stereocenters. The van der Waals surface area contributed by atoms with Crippen molar-refractivity contribution in [3.63, 3.8) is 0 Å². The first-order valence-electron chi connectivity index (χ1n) is 6.62. The largest absolute Gasteiger partial charge is 0.419 e. The van der Waals surface area contributed by atoms with Crippen LogP contribution in [0.1, 0.15) is 24.0 Å². The fraction of sp³-hybridized carbons (Fsp3) is 0.500. The average molecular weight is 303 g/mol. The van der Waals surface area contributed by atoms with Gasteiger partial charge in [0.25, 0.3) is 0 Å². The first-order chi connectivity index (χ1) is 9.90. The summed E-state index contributed by atoms with van der Waals surface area (Å²) in [6.07, 6.45) is -3.72. The Balaban J connectivity index is 1.92. The number of aliphatic hydroxyl groups is 1. The van der Waals surface area contributed by atoms with Crippen LogP contribution >= 0.6 is 0 Å². The van der Waals surface area contributed by atoms with Crippen molar-refractivity contribution in [2.24, 2.45) is 17.0 Å². The molecule has 3 rings (SSSR count). The lowest BCUT2D eigenvalue weighted by Gasteiger charge is -2.12. The highest BCUT2D eigenvalue weighted by atomic mass is 19.4. The first kappa shape index (κ1) is 14.3. The second kappa shape index (κ2) is 4.98. The zero-order chi connectivity index (χ0) is 15.2. The highest BCUT2D eigenvalue weighted by Crippen LogP contribution is 2.40. The van der Waals surface area contributed by atoms with Crippen LogP contribution < -0.4 is 0 Å². The Morgan fingerprint density at radius 3 is 2.71 bits per heavy atom. The van der Waals surface area contributed by atoms with Gasteiger partial charge in [-0.2, -0.15) is 13.2 Å². The molecule has 1 aliphatic carbocycles. The van der Waals surface area contributed by atoms with E-state index in [4.69, 9.17) is 4.84 Å². The Hall–Kier alpha value is -1.63. The maximum Gasteiger partial charge on any atom is 0.419 e. The van der Waals surface area contributed by atoms with Crippen molar-refractivity contribution in [2.45, 2.75) is 25.1 Å². The van der Waals surface area contributed by atoms with Gasteiger partial charge in [-0.25, -0.2) is 4.39 Å². The summed E-state index contributed by atoms with van der Waals surface area (Å²) in [7, 11) is 0. The number of oxime groups is 1. The molecule has 0 bridgehead atoms. The Bertz CT molecular complexity index is 585. The number of rotatable bonds is 2. The van der Waals surface area contributed by atoms with E-state index >= 15 is 0 Å². The molecule has 7 heteroatoms. The third kappa shape index (κ3) is 2.50. The first-order valence-corrected chi connectivity index (χ1v) is 6.62. The third-order valence-electron chi connectivity index (χ3n) is 4.07. The molecule has 0 radical (unpaired) electrons. The van der Waals surface area contributed by atoms with E-state index in [1.54, 1.807) is 0 Å². The van der Waals surface area contributed by atoms with E-state index in [0.29, 0.717) is 18.6 Å². The van der Waals surface area contributed by atoms with E-state index < -0.39 is 17.6 Å². The molecule has 2 aliphatic rings. The summed E-state index contributed by atoms with van der Waals surface area (Å²) in [4.78, 5) is 5.23. The SMILES string of the molecule is OCC1CC2ON=C(c3ccc(F)c(C(F)(F)F)c3)C2C1. The summed E-state index contributed by atoms with van der Waals surface area (Å²) >= 11 is 0. The minimum Gasteiger partial charge on any atom is -0.396 e. The number of halogens is 4. The Morgan fingerprint density at radius 1 is 1.29 bits per heavy atom. The maximum absolute atomic E-state index is 13.3. The Morgan fingerprint density at radius 2 is 2.05 bits per heavy atom. The summed E-state index contributed by atoms with van der Waals surface area (Å²) in [5.41, 5.74) is -0.681. The lowest BCUT2D eigenvalue weighted by molar-refractivity contribution is -0.140. The number of aliphatic hydroxyl groups excluding tert-OH is 1. The van der Waals surface area contributed by atoms with Crippen molar-refractivity contribution < 1.29 is 27.5 Å². The molecule has 1 fully saturated rings. The van der Waals surface area contributed by atoms with Gasteiger partial charge >= 0.3 is 6.18 Å². The molecular weight excluding hydrogens is 290 g/mol. The number of benzene rings is 1. The topological polar surface area (TPSA) is 41.8 Å². The molecule has 1 aromatic carbocycles. The third-order valence-corrected chi connectivity index (χ3v) is 4.07. The molecule has 1 N–H and O–H groups in total. The fourth-order valence-corrected chi connectivity index (χ4v) is 3.01. The lowest BCUT2D eigenvalue weighted by Crippen LogP contribution is -2.19. The van der Waals surface area contributed by atoms with Crippen LogP contribution in [0.2, 0.25) is 0 Å². The quantitative estimate of drug-likeness (QED) is 0.854. The second-order valence-corrected chi connectivity index (χ2v) is 5.44. The van der Waals surface area contributed by atoms with Gasteiger partial charge in [0.05, 0.1) is 11.3 Å². The highest BCUT2D eigenvalue weighted by Gasteiger charge is 2.44. The molecule has 0 amide bonds. The number of hydrogen-bond acceptors (Lipinski definition) is 3. The lowest BCUT2D eigenvalue weighted by atomic mass is 9.92. The standard InChI is InChI=1S/C14H13F4NO2/c15-11-2-1-8(5-10(11)14(16,17)18)13-9-3-7(6-20)4-12(9)21-19-13/h1-2,5,7,9,12,20H,3-4,6H2. The number of hydrogen-bond donors (Lipinski definition) is 1. The van der Waals surface area contributed by atoms with Crippen molar-refractivity contribution >= 4 is 5.71 Å². The number of nitrogens with zero attached hydrogens (tertiary/aromatic N) is 1. The summed E-state index contributed by atoms with van der Waals surface area (Å²) < 4.78 is 51.6. The fourth-order valence-electron chi connectivity index (χ4n) is 3.01. The molecule has 3 atom stereocenters. The minimum absolute atomic E-state index is 0.0147. The summed E-state index contributed by atoms with van der Waals surface area (Å²) in [6.45, 7) is 0.0147. The Labute approximate surface area is 118 Å². The monoisotopic (exact) mass is 303 g/mol. The van der Waals surface area contributed by atoms with Crippen LogP contribution in [0.4, 0.5) is 17.6 Å². The zero-order valence-corrected chi connectivity index (χ0v) is 10.9. The molecule has 21 heavy (non-hydrogen) atoms. The molecule has 114 valence electrons. The van der Waals surface area contributed by atoms with Gasteiger partial charge in [0.1, 0.15) is 11.9 Å². The van der Waals surface area contributed by atoms with E-state index in [1.165, 1.54) is 6.07 Å². The molecule has 0 spiro atoms. The van der Waals surface area contributed by atoms with Crippen molar-refractivity contribution in [3.8, 4) is 0 Å². The van der Waals surface area contributed by atoms with Crippen LogP contribution in [0, 0.1) is 17.7 Å². The summed E-state index contributed by atoms with van der Waals surface area (Å²) in [5.74, 6) is -1.39. The van der Waals surface area contributed by atoms with E-state index in [2.05, 4.69) is 5.16 Å². The van der Waals surface area contributed by atoms with Gasteiger partial charge in [-0.3, -0.25) is 0 Å². The van der Waals surface area contributed by atoms with Gasteiger partial charge in [-0.15, -0.1) is 0 Å². The van der Waals surface area contributed by atoms with Gasteiger partial charge in [-0.1, -0.05) is 11.2 Å². The van der Waals surface area contributed by atoms with Crippen molar-refractivity contribution in [1.29, 1.82) is 0 Å². The van der Waals surface area contributed by atoms with E-state index in [1.807, 2.05) is 0 Å². The number of alkyl halides is 3. The molecule has 0 saturated heterocycles. The summed E-state index contributed by atoms with van der Waals surface area (Å²) in [5, 5.41) is 13.0. The van der Waals surface area contributed by atoms with Crippen LogP contribution in [-0.2, 0) is 11.0 Å². The highest BCUT2D eigenvalue weighted by molar-refractivity contribution is 6.03. The predicted molar refractivity (Wildman–Crippen MR) is 66.1 cm³/mol. The van der Waals surface area contributed by atoms with Crippen molar-refractivity contribution in [3.05, 3.63) is 35.1 Å². The van der Waals surface area contributed by atoms with Crippen LogP contribution in [0.25, 0.3) is 0 Å². The summed E-state index contributed by atoms with van der Waals surface area (Å²) in [6, 6.07) is 2.85. The normalized spacial score (nSPS) is 28.2. The molecule has 1 aliphatic heterocycles. The van der Waals surface area contributed by atoms with Crippen LogP contribution in [-0.4, -0.2) is 23.5 Å². The molecule has 3 nitrogen and oxygen atoms in total. The van der Waals surface area contributed by atoms with Crippen molar-refractivity contribution in [1.82, 2.24) is 0 Å². The number of fused-ring (bicyclic) bond motifs is 1. The molecular formula is C14H13F4NO2. The van der Waals surface area contributed by atoms with E-state index in [0.717, 1.165) is 12.1 Å². The smallest absolute Gasteiger partial charge is 0.396 e. The van der Waals surface area contributed by atoms with Crippen molar-refractivity contribution in [2.75, 3.05) is 6.61 Å². The van der Waals surface area contributed by atoms with Gasteiger partial charge in [0.2, 0.25) is 0 Å². The minimum atomic E-state index is -4.75. The van der Waals surface area contributed by atoms with Crippen LogP contribution in [0.15, 0.2) is 23.4 Å². The molecule has 1 saturated carbocycles. The van der Waals surface area contributed by atoms with Gasteiger partial charge in [-0.05, 0) is 30.9 Å². The van der Waals surface area contributed by atoms with Gasteiger partial charge in [0, 0.05) is 18.1 Å². The van der Waals surface area contributed by atoms with Crippen LogP contribution in [0.5, 0.6) is 0 Å². The van der Waals surface area contributed by atoms with Gasteiger partial charge < -0.3 is 9.94 Å². The predicted octanol–water partition coefficient (Wildman–Crippen LogP) is 2.97. The molecule has 1 heterocycles. The zero-order valence-electron chi connectivity index (χ0n) is 10.9. The molecule has 1 aromatic rings. The van der Waals surface area contributed by atoms with E-state index in [9.17, 15) is 22.7 Å². The molecule has 0 aromatic heterocycles. The van der Waals surface area contributed by atoms with Crippen LogP contribution in [0.3, 0.4) is 0 Å². The van der Waals surface area contributed by atoms with E-state index in [-0.39, 0.29) is 30.1 Å². The Kier molecular flexibility index (Phi) is 3.39. The maximum atomic E-state index is 13.3. The second-order valence-electron chi connectivity index (χ2n) is 5.44.